The number of phenolic OH excluding ortho intramolecular Hbond substituents is 1. The van der Waals surface area contributed by atoms with Gasteiger partial charge in [0.15, 0.2) is 0 Å². The number of rotatable bonds is 5. The van der Waals surface area contributed by atoms with Crippen LogP contribution >= 0.6 is 0 Å². The number of amides is 1. The van der Waals surface area contributed by atoms with E-state index in [-0.39, 0.29) is 11.7 Å². The molecule has 3 rings (SSSR count). The molecule has 1 amide bonds. The van der Waals surface area contributed by atoms with Crippen molar-refractivity contribution < 1.29 is 9.90 Å². The molecule has 0 saturated carbocycles. The van der Waals surface area contributed by atoms with E-state index in [4.69, 9.17) is 0 Å². The number of benzene rings is 2. The van der Waals surface area contributed by atoms with Crippen molar-refractivity contribution in [3.63, 3.8) is 0 Å². The molecule has 1 aromatic heterocycles. The fourth-order valence-corrected chi connectivity index (χ4v) is 3.49. The Bertz CT molecular complexity index is 966. The first-order valence-corrected chi connectivity index (χ1v) is 9.05. The molecule has 0 fully saturated rings. The maximum Gasteiger partial charge on any atom is 0.251 e. The van der Waals surface area contributed by atoms with Crippen molar-refractivity contribution in [3.05, 3.63) is 70.5 Å². The van der Waals surface area contributed by atoms with Crippen molar-refractivity contribution in [3.8, 4) is 16.9 Å². The van der Waals surface area contributed by atoms with Crippen molar-refractivity contribution >= 4 is 5.91 Å². The van der Waals surface area contributed by atoms with Crippen LogP contribution in [0.4, 0.5) is 0 Å². The minimum Gasteiger partial charge on any atom is -0.508 e. The highest BCUT2D eigenvalue weighted by Crippen LogP contribution is 2.30. The molecule has 2 aromatic carbocycles. The molecule has 27 heavy (non-hydrogen) atoms. The smallest absolute Gasteiger partial charge is 0.251 e. The fourth-order valence-electron chi connectivity index (χ4n) is 3.49. The Kier molecular flexibility index (Phi) is 5.31. The third-order valence-electron chi connectivity index (χ3n) is 4.64. The summed E-state index contributed by atoms with van der Waals surface area (Å²) < 4.78 is 1.90. The number of aromatic nitrogens is 2. The molecule has 0 aliphatic carbocycles. The van der Waals surface area contributed by atoms with Gasteiger partial charge in [-0.05, 0) is 80.3 Å². The van der Waals surface area contributed by atoms with E-state index in [1.54, 1.807) is 12.1 Å². The van der Waals surface area contributed by atoms with Gasteiger partial charge < -0.3 is 10.4 Å². The lowest BCUT2D eigenvalue weighted by atomic mass is 9.94. The zero-order chi connectivity index (χ0) is 19.6. The quantitative estimate of drug-likeness (QED) is 0.722. The van der Waals surface area contributed by atoms with Crippen LogP contribution in [0.1, 0.15) is 32.9 Å². The van der Waals surface area contributed by atoms with Crippen LogP contribution in [0.5, 0.6) is 5.75 Å². The maximum atomic E-state index is 12.6. The molecule has 2 N–H and O–H groups in total. The number of aryl methyl sites for hydroxylation is 4. The first-order valence-electron chi connectivity index (χ1n) is 9.05. The molecule has 0 saturated heterocycles. The number of nitrogens with one attached hydrogen (secondary N) is 1. The molecular formula is C22H25N3O2. The largest absolute Gasteiger partial charge is 0.508 e. The lowest BCUT2D eigenvalue weighted by Crippen LogP contribution is -2.27. The van der Waals surface area contributed by atoms with E-state index in [0.717, 1.165) is 33.6 Å². The number of phenols is 1. The zero-order valence-corrected chi connectivity index (χ0v) is 16.2. The van der Waals surface area contributed by atoms with Gasteiger partial charge >= 0.3 is 0 Å². The second kappa shape index (κ2) is 7.66. The summed E-state index contributed by atoms with van der Waals surface area (Å²) in [5.41, 5.74) is 6.66. The molecule has 0 bridgehead atoms. The molecule has 3 aromatic rings. The Balaban J connectivity index is 1.73. The van der Waals surface area contributed by atoms with E-state index in [9.17, 15) is 9.90 Å². The van der Waals surface area contributed by atoms with Crippen LogP contribution in [0.15, 0.2) is 42.5 Å². The van der Waals surface area contributed by atoms with Gasteiger partial charge in [-0.1, -0.05) is 12.1 Å². The molecule has 140 valence electrons. The van der Waals surface area contributed by atoms with Crippen molar-refractivity contribution in [2.75, 3.05) is 6.54 Å². The summed E-state index contributed by atoms with van der Waals surface area (Å²) in [6, 6.07) is 13.1. The minimum atomic E-state index is -0.104. The molecule has 0 aliphatic rings. The number of aromatic hydroxyl groups is 1. The number of carbonyl (C=O) groups excluding carboxylic acids is 1. The predicted octanol–water partition coefficient (Wildman–Crippen LogP) is 3.92. The molecule has 1 heterocycles. The van der Waals surface area contributed by atoms with Crippen LogP contribution in [0.2, 0.25) is 0 Å². The molecule has 0 unspecified atom stereocenters. The standard InChI is InChI=1S/C22H25N3O2/c1-14-10-20(26)11-15(2)21(14)18-6-5-7-19(13-18)22(27)23-8-9-25-17(4)12-16(3)24-25/h5-7,10-13,26H,8-9H2,1-4H3,(H,23,27). The van der Waals surface area contributed by atoms with Crippen LogP contribution in [0.3, 0.4) is 0 Å². The highest BCUT2D eigenvalue weighted by molar-refractivity contribution is 5.95. The van der Waals surface area contributed by atoms with Crippen molar-refractivity contribution in [1.82, 2.24) is 15.1 Å². The Hall–Kier alpha value is -3.08. The van der Waals surface area contributed by atoms with Crippen LogP contribution in [0.25, 0.3) is 11.1 Å². The van der Waals surface area contributed by atoms with Gasteiger partial charge in [-0.15, -0.1) is 0 Å². The monoisotopic (exact) mass is 363 g/mol. The highest BCUT2D eigenvalue weighted by atomic mass is 16.3. The molecule has 0 atom stereocenters. The summed E-state index contributed by atoms with van der Waals surface area (Å²) in [5.74, 6) is 0.152. The second-order valence-corrected chi connectivity index (χ2v) is 6.94. The van der Waals surface area contributed by atoms with Gasteiger partial charge in [0.2, 0.25) is 0 Å². The molecular weight excluding hydrogens is 338 g/mol. The lowest BCUT2D eigenvalue weighted by molar-refractivity contribution is 0.0952. The van der Waals surface area contributed by atoms with Crippen LogP contribution in [-0.2, 0) is 6.54 Å². The van der Waals surface area contributed by atoms with E-state index < -0.39 is 0 Å². The van der Waals surface area contributed by atoms with Gasteiger partial charge in [0.05, 0.1) is 12.2 Å². The third-order valence-corrected chi connectivity index (χ3v) is 4.64. The van der Waals surface area contributed by atoms with E-state index in [0.29, 0.717) is 18.7 Å². The van der Waals surface area contributed by atoms with Gasteiger partial charge in [0.1, 0.15) is 5.75 Å². The topological polar surface area (TPSA) is 67.2 Å². The normalized spacial score (nSPS) is 10.8. The van der Waals surface area contributed by atoms with Crippen LogP contribution < -0.4 is 5.32 Å². The number of hydrogen-bond acceptors (Lipinski definition) is 3. The summed E-state index contributed by atoms with van der Waals surface area (Å²) in [4.78, 5) is 12.6. The molecule has 0 aliphatic heterocycles. The Morgan fingerprint density at radius 1 is 1.07 bits per heavy atom. The summed E-state index contributed by atoms with van der Waals surface area (Å²) in [5, 5.41) is 17.1. The average Bonchev–Trinajstić information content (AvgIpc) is 2.91. The van der Waals surface area contributed by atoms with E-state index in [1.807, 2.05) is 62.7 Å². The third kappa shape index (κ3) is 4.19. The first kappa shape index (κ1) is 18.7. The molecule has 0 spiro atoms. The number of carbonyl (C=O) groups is 1. The van der Waals surface area contributed by atoms with E-state index >= 15 is 0 Å². The Morgan fingerprint density at radius 3 is 2.41 bits per heavy atom. The van der Waals surface area contributed by atoms with Crippen LogP contribution in [0, 0.1) is 27.7 Å². The average molecular weight is 363 g/mol. The predicted molar refractivity (Wildman–Crippen MR) is 107 cm³/mol. The molecule has 0 radical (unpaired) electrons. The maximum absolute atomic E-state index is 12.6. The summed E-state index contributed by atoms with van der Waals surface area (Å²) in [6.07, 6.45) is 0. The second-order valence-electron chi connectivity index (χ2n) is 6.94. The summed E-state index contributed by atoms with van der Waals surface area (Å²) in [7, 11) is 0. The number of nitrogens with zero attached hydrogens (tertiary/aromatic N) is 2. The zero-order valence-electron chi connectivity index (χ0n) is 16.2. The molecule has 5 heteroatoms. The van der Waals surface area contributed by atoms with E-state index in [2.05, 4.69) is 10.4 Å². The van der Waals surface area contributed by atoms with Gasteiger partial charge in [-0.2, -0.15) is 5.10 Å². The highest BCUT2D eigenvalue weighted by Gasteiger charge is 2.11. The fraction of sp³-hybridized carbons (Fsp3) is 0.273. The Morgan fingerprint density at radius 2 is 1.78 bits per heavy atom. The minimum absolute atomic E-state index is 0.104. The number of hydrogen-bond donors (Lipinski definition) is 2. The van der Waals surface area contributed by atoms with Gasteiger partial charge in [0, 0.05) is 17.8 Å². The van der Waals surface area contributed by atoms with Gasteiger partial charge in [0.25, 0.3) is 5.91 Å². The Labute approximate surface area is 159 Å². The van der Waals surface area contributed by atoms with Crippen molar-refractivity contribution in [1.29, 1.82) is 0 Å². The van der Waals surface area contributed by atoms with Crippen molar-refractivity contribution in [2.24, 2.45) is 0 Å². The summed E-state index contributed by atoms with van der Waals surface area (Å²) >= 11 is 0. The van der Waals surface area contributed by atoms with Gasteiger partial charge in [-0.25, -0.2) is 0 Å². The SMILES string of the molecule is Cc1cc(C)n(CCNC(=O)c2cccc(-c3c(C)cc(O)cc3C)c2)n1. The lowest BCUT2D eigenvalue weighted by Gasteiger charge is -2.12. The van der Waals surface area contributed by atoms with E-state index in [1.165, 1.54) is 0 Å². The van der Waals surface area contributed by atoms with Gasteiger partial charge in [-0.3, -0.25) is 9.48 Å². The molecule has 5 nitrogen and oxygen atoms in total. The van der Waals surface area contributed by atoms with Crippen molar-refractivity contribution in [2.45, 2.75) is 34.2 Å². The first-order chi connectivity index (χ1) is 12.8. The summed E-state index contributed by atoms with van der Waals surface area (Å²) in [6.45, 7) is 9.05. The van der Waals surface area contributed by atoms with Crippen LogP contribution in [-0.4, -0.2) is 27.3 Å².